The van der Waals surface area contributed by atoms with Gasteiger partial charge in [0.2, 0.25) is 0 Å². The first-order valence-electron chi connectivity index (χ1n) is 5.16. The highest BCUT2D eigenvalue weighted by Crippen LogP contribution is 2.01. The average molecular weight is 196 g/mol. The monoisotopic (exact) mass is 196 g/mol. The van der Waals surface area contributed by atoms with E-state index in [1.54, 1.807) is 0 Å². The van der Waals surface area contributed by atoms with Gasteiger partial charge in [-0.1, -0.05) is 60.7 Å². The van der Waals surface area contributed by atoms with Crippen LogP contribution in [-0.4, -0.2) is 0 Å². The molecule has 0 aliphatic rings. The Morgan fingerprint density at radius 2 is 1.00 bits per heavy atom. The minimum absolute atomic E-state index is 0.801. The number of hydrogen-bond donors (Lipinski definition) is 0. The molecule has 1 nitrogen and oxygen atoms in total. The van der Waals surface area contributed by atoms with E-state index < -0.39 is 0 Å². The third-order valence-corrected chi connectivity index (χ3v) is 2.27. The maximum Gasteiger partial charge on any atom is 0.0388 e. The lowest BCUT2D eigenvalue weighted by Gasteiger charge is -2.02. The van der Waals surface area contributed by atoms with Gasteiger partial charge in [0, 0.05) is 13.1 Å². The first-order valence-corrected chi connectivity index (χ1v) is 5.16. The quantitative estimate of drug-likeness (QED) is 0.713. The largest absolute Gasteiger partial charge is 0.232 e. The number of nitrogens with zero attached hydrogens (tertiary/aromatic N) is 1. The summed E-state index contributed by atoms with van der Waals surface area (Å²) in [5.41, 5.74) is 2.54. The molecule has 0 aliphatic heterocycles. The van der Waals surface area contributed by atoms with Crippen LogP contribution >= 0.6 is 0 Å². The maximum absolute atomic E-state index is 4.51. The standard InChI is InChI=1S/C14H14N/c1-3-7-13(8-4-1)11-15-12-14-9-5-2-6-10-14/h1-10H,11-12H2. The molecule has 1 heteroatoms. The Labute approximate surface area is 90.8 Å². The number of benzene rings is 2. The fourth-order valence-corrected chi connectivity index (χ4v) is 1.48. The molecule has 0 N–H and O–H groups in total. The maximum atomic E-state index is 4.51. The van der Waals surface area contributed by atoms with Crippen molar-refractivity contribution < 1.29 is 0 Å². The zero-order valence-electron chi connectivity index (χ0n) is 8.63. The van der Waals surface area contributed by atoms with Crippen LogP contribution in [-0.2, 0) is 13.1 Å². The van der Waals surface area contributed by atoms with Crippen molar-refractivity contribution in [1.82, 2.24) is 5.32 Å². The molecule has 0 bridgehead atoms. The summed E-state index contributed by atoms with van der Waals surface area (Å²) in [5.74, 6) is 0. The molecule has 2 rings (SSSR count). The van der Waals surface area contributed by atoms with Crippen LogP contribution in [0.4, 0.5) is 0 Å². The van der Waals surface area contributed by atoms with E-state index in [9.17, 15) is 0 Å². The second kappa shape index (κ2) is 5.32. The van der Waals surface area contributed by atoms with Crippen molar-refractivity contribution in [2.75, 3.05) is 0 Å². The zero-order valence-corrected chi connectivity index (χ0v) is 8.63. The lowest BCUT2D eigenvalue weighted by atomic mass is 10.2. The predicted octanol–water partition coefficient (Wildman–Crippen LogP) is 2.99. The van der Waals surface area contributed by atoms with Crippen LogP contribution in [0.3, 0.4) is 0 Å². The molecule has 15 heavy (non-hydrogen) atoms. The first kappa shape index (κ1) is 9.94. The molecule has 0 amide bonds. The summed E-state index contributed by atoms with van der Waals surface area (Å²) in [6.45, 7) is 1.60. The van der Waals surface area contributed by atoms with Crippen LogP contribution in [0.5, 0.6) is 0 Å². The third-order valence-electron chi connectivity index (χ3n) is 2.27. The first-order chi connectivity index (χ1) is 7.45. The van der Waals surface area contributed by atoms with Gasteiger partial charge in [0.05, 0.1) is 0 Å². The van der Waals surface area contributed by atoms with Crippen molar-refractivity contribution >= 4 is 0 Å². The Hall–Kier alpha value is -1.60. The third kappa shape index (κ3) is 3.22. The molecule has 0 fully saturated rings. The summed E-state index contributed by atoms with van der Waals surface area (Å²) in [4.78, 5) is 0. The molecule has 0 aromatic heterocycles. The average Bonchev–Trinajstić information content (AvgIpc) is 2.32. The van der Waals surface area contributed by atoms with E-state index in [2.05, 4.69) is 29.6 Å². The van der Waals surface area contributed by atoms with Crippen molar-refractivity contribution in [3.05, 3.63) is 71.8 Å². The van der Waals surface area contributed by atoms with E-state index in [4.69, 9.17) is 0 Å². The summed E-state index contributed by atoms with van der Waals surface area (Å²) >= 11 is 0. The van der Waals surface area contributed by atoms with E-state index in [1.165, 1.54) is 11.1 Å². The summed E-state index contributed by atoms with van der Waals surface area (Å²) in [7, 11) is 0. The van der Waals surface area contributed by atoms with E-state index in [1.807, 2.05) is 36.4 Å². The van der Waals surface area contributed by atoms with Crippen molar-refractivity contribution in [1.29, 1.82) is 0 Å². The highest BCUT2D eigenvalue weighted by molar-refractivity contribution is 5.16. The van der Waals surface area contributed by atoms with Crippen LogP contribution in [0.1, 0.15) is 11.1 Å². The second-order valence-corrected chi connectivity index (χ2v) is 3.51. The van der Waals surface area contributed by atoms with E-state index in [0.717, 1.165) is 13.1 Å². The van der Waals surface area contributed by atoms with Gasteiger partial charge < -0.3 is 0 Å². The molecule has 75 valence electrons. The van der Waals surface area contributed by atoms with E-state index >= 15 is 0 Å². The number of hydrogen-bond acceptors (Lipinski definition) is 0. The molecule has 0 spiro atoms. The van der Waals surface area contributed by atoms with Crippen LogP contribution in [0, 0.1) is 0 Å². The Morgan fingerprint density at radius 1 is 0.600 bits per heavy atom. The molecule has 0 unspecified atom stereocenters. The van der Waals surface area contributed by atoms with Gasteiger partial charge in [-0.25, -0.2) is 5.32 Å². The SMILES string of the molecule is c1ccc(C[N]Cc2ccccc2)cc1. The normalized spacial score (nSPS) is 10.1. The van der Waals surface area contributed by atoms with Gasteiger partial charge in [0.25, 0.3) is 0 Å². The van der Waals surface area contributed by atoms with Crippen molar-refractivity contribution in [3.63, 3.8) is 0 Å². The van der Waals surface area contributed by atoms with Gasteiger partial charge in [-0.15, -0.1) is 0 Å². The lowest BCUT2D eigenvalue weighted by Crippen LogP contribution is -2.04. The van der Waals surface area contributed by atoms with Gasteiger partial charge in [-0.05, 0) is 11.1 Å². The van der Waals surface area contributed by atoms with Crippen molar-refractivity contribution in [2.45, 2.75) is 13.1 Å². The van der Waals surface area contributed by atoms with Gasteiger partial charge in [0.1, 0.15) is 0 Å². The van der Waals surface area contributed by atoms with Gasteiger partial charge in [-0.3, -0.25) is 0 Å². The fraction of sp³-hybridized carbons (Fsp3) is 0.143. The van der Waals surface area contributed by atoms with Crippen molar-refractivity contribution in [2.24, 2.45) is 0 Å². The fourth-order valence-electron chi connectivity index (χ4n) is 1.48. The van der Waals surface area contributed by atoms with Gasteiger partial charge in [0.15, 0.2) is 0 Å². The molecular weight excluding hydrogens is 182 g/mol. The Balaban J connectivity index is 1.81. The second-order valence-electron chi connectivity index (χ2n) is 3.51. The lowest BCUT2D eigenvalue weighted by molar-refractivity contribution is 0.677. The Morgan fingerprint density at radius 3 is 1.40 bits per heavy atom. The molecule has 2 aromatic rings. The van der Waals surface area contributed by atoms with Crippen LogP contribution in [0.25, 0.3) is 0 Å². The molecule has 1 radical (unpaired) electrons. The minimum Gasteiger partial charge on any atom is -0.232 e. The molecule has 0 saturated heterocycles. The van der Waals surface area contributed by atoms with Crippen molar-refractivity contribution in [3.8, 4) is 0 Å². The molecule has 0 aliphatic carbocycles. The topological polar surface area (TPSA) is 14.1 Å². The minimum atomic E-state index is 0.801. The van der Waals surface area contributed by atoms with Crippen LogP contribution in [0.15, 0.2) is 60.7 Å². The Bertz CT molecular complexity index is 341. The predicted molar refractivity (Wildman–Crippen MR) is 62.4 cm³/mol. The highest BCUT2D eigenvalue weighted by atomic mass is 14.8. The molecule has 0 atom stereocenters. The zero-order chi connectivity index (χ0) is 10.3. The highest BCUT2D eigenvalue weighted by Gasteiger charge is 1.93. The van der Waals surface area contributed by atoms with Crippen LogP contribution < -0.4 is 5.32 Å². The van der Waals surface area contributed by atoms with Crippen LogP contribution in [0.2, 0.25) is 0 Å². The molecule has 0 saturated carbocycles. The summed E-state index contributed by atoms with van der Waals surface area (Å²) in [6, 6.07) is 20.7. The van der Waals surface area contributed by atoms with Gasteiger partial charge >= 0.3 is 0 Å². The molecule has 2 aromatic carbocycles. The van der Waals surface area contributed by atoms with E-state index in [0.29, 0.717) is 0 Å². The summed E-state index contributed by atoms with van der Waals surface area (Å²) in [6.07, 6.45) is 0. The summed E-state index contributed by atoms with van der Waals surface area (Å²) in [5, 5.41) is 4.51. The summed E-state index contributed by atoms with van der Waals surface area (Å²) < 4.78 is 0. The Kier molecular flexibility index (Phi) is 3.53. The van der Waals surface area contributed by atoms with E-state index in [-0.39, 0.29) is 0 Å². The smallest absolute Gasteiger partial charge is 0.0388 e. The molecule has 0 heterocycles. The molecular formula is C14H14N. The van der Waals surface area contributed by atoms with Gasteiger partial charge in [-0.2, -0.15) is 0 Å². The number of rotatable bonds is 4.